The van der Waals surface area contributed by atoms with Gasteiger partial charge in [-0.2, -0.15) is 0 Å². The molecule has 0 heterocycles. The molecular weight excluding hydrogens is 309 g/mol. The van der Waals surface area contributed by atoms with Crippen LogP contribution in [0, 0.1) is 5.82 Å². The zero-order valence-electron chi connectivity index (χ0n) is 13.7. The smallest absolute Gasteiger partial charge is 0.220 e. The predicted molar refractivity (Wildman–Crippen MR) is 90.3 cm³/mol. The fourth-order valence-corrected chi connectivity index (χ4v) is 2.42. The van der Waals surface area contributed by atoms with Crippen LogP contribution in [0.5, 0.6) is 5.75 Å². The molecule has 1 atom stereocenters. The SMILES string of the molecule is CC(CC(=O)NCc1ccccc1OCCO)c1cccc(F)c1. The van der Waals surface area contributed by atoms with Crippen LogP contribution >= 0.6 is 0 Å². The molecule has 0 bridgehead atoms. The Kier molecular flexibility index (Phi) is 6.75. The number of para-hydroxylation sites is 1. The van der Waals surface area contributed by atoms with Crippen molar-refractivity contribution in [1.82, 2.24) is 5.32 Å². The van der Waals surface area contributed by atoms with E-state index in [1.54, 1.807) is 12.1 Å². The molecule has 0 spiro atoms. The van der Waals surface area contributed by atoms with Gasteiger partial charge in [0.05, 0.1) is 6.61 Å². The minimum absolute atomic E-state index is 0.0636. The van der Waals surface area contributed by atoms with Gasteiger partial charge in [0.15, 0.2) is 0 Å². The summed E-state index contributed by atoms with van der Waals surface area (Å²) in [6, 6.07) is 13.7. The third-order valence-electron chi connectivity index (χ3n) is 3.71. The number of hydrogen-bond donors (Lipinski definition) is 2. The monoisotopic (exact) mass is 331 g/mol. The molecule has 2 aromatic carbocycles. The van der Waals surface area contributed by atoms with Crippen molar-refractivity contribution in [2.75, 3.05) is 13.2 Å². The lowest BCUT2D eigenvalue weighted by atomic mass is 9.97. The summed E-state index contributed by atoms with van der Waals surface area (Å²) in [5, 5.41) is 11.7. The molecule has 1 unspecified atom stereocenters. The maximum absolute atomic E-state index is 13.2. The lowest BCUT2D eigenvalue weighted by molar-refractivity contribution is -0.121. The molecular formula is C19H22FNO3. The first-order chi connectivity index (χ1) is 11.6. The normalized spacial score (nSPS) is 11.8. The van der Waals surface area contributed by atoms with Crippen LogP contribution in [0.4, 0.5) is 4.39 Å². The van der Waals surface area contributed by atoms with E-state index < -0.39 is 0 Å². The average Bonchev–Trinajstić information content (AvgIpc) is 2.58. The molecule has 4 nitrogen and oxygen atoms in total. The van der Waals surface area contributed by atoms with Crippen LogP contribution in [-0.4, -0.2) is 24.2 Å². The second kappa shape index (κ2) is 9.03. The Bertz CT molecular complexity index is 675. The summed E-state index contributed by atoms with van der Waals surface area (Å²) in [5.74, 6) is 0.171. The lowest BCUT2D eigenvalue weighted by Crippen LogP contribution is -2.24. The first-order valence-electron chi connectivity index (χ1n) is 7.94. The predicted octanol–water partition coefficient (Wildman–Crippen LogP) is 3.01. The Morgan fingerprint density at radius 2 is 2.04 bits per heavy atom. The Hall–Kier alpha value is -2.40. The summed E-state index contributed by atoms with van der Waals surface area (Å²) in [4.78, 5) is 12.1. The van der Waals surface area contributed by atoms with Crippen LogP contribution < -0.4 is 10.1 Å². The Morgan fingerprint density at radius 3 is 2.79 bits per heavy atom. The van der Waals surface area contributed by atoms with E-state index in [-0.39, 0.29) is 37.3 Å². The minimum atomic E-state index is -0.297. The quantitative estimate of drug-likeness (QED) is 0.782. The molecule has 0 saturated heterocycles. The van der Waals surface area contributed by atoms with Crippen molar-refractivity contribution in [3.05, 3.63) is 65.5 Å². The van der Waals surface area contributed by atoms with Gasteiger partial charge < -0.3 is 15.2 Å². The standard InChI is InChI=1S/C19H22FNO3/c1-14(15-6-4-7-17(20)12-15)11-19(23)21-13-16-5-2-3-8-18(16)24-10-9-22/h2-8,12,14,22H,9-11,13H2,1H3,(H,21,23). The van der Waals surface area contributed by atoms with E-state index in [4.69, 9.17) is 9.84 Å². The number of aliphatic hydroxyl groups is 1. The minimum Gasteiger partial charge on any atom is -0.491 e. The maximum Gasteiger partial charge on any atom is 0.220 e. The number of hydrogen-bond acceptors (Lipinski definition) is 3. The summed E-state index contributed by atoms with van der Waals surface area (Å²) >= 11 is 0. The summed E-state index contributed by atoms with van der Waals surface area (Å²) in [6.07, 6.45) is 0.281. The molecule has 0 aliphatic rings. The average molecular weight is 331 g/mol. The van der Waals surface area contributed by atoms with Crippen LogP contribution in [0.25, 0.3) is 0 Å². The van der Waals surface area contributed by atoms with Crippen molar-refractivity contribution in [3.63, 3.8) is 0 Å². The maximum atomic E-state index is 13.2. The van der Waals surface area contributed by atoms with Gasteiger partial charge in [-0.3, -0.25) is 4.79 Å². The van der Waals surface area contributed by atoms with Crippen LogP contribution in [0.3, 0.4) is 0 Å². The molecule has 0 radical (unpaired) electrons. The molecule has 5 heteroatoms. The fraction of sp³-hybridized carbons (Fsp3) is 0.316. The largest absolute Gasteiger partial charge is 0.491 e. The van der Waals surface area contributed by atoms with E-state index in [9.17, 15) is 9.18 Å². The van der Waals surface area contributed by atoms with Gasteiger partial charge in [-0.1, -0.05) is 37.3 Å². The van der Waals surface area contributed by atoms with E-state index in [2.05, 4.69) is 5.32 Å². The van der Waals surface area contributed by atoms with Crippen LogP contribution in [0.2, 0.25) is 0 Å². The highest BCUT2D eigenvalue weighted by Crippen LogP contribution is 2.20. The van der Waals surface area contributed by atoms with Gasteiger partial charge in [0.1, 0.15) is 18.2 Å². The van der Waals surface area contributed by atoms with Crippen LogP contribution in [-0.2, 0) is 11.3 Å². The van der Waals surface area contributed by atoms with Crippen molar-refractivity contribution in [1.29, 1.82) is 0 Å². The van der Waals surface area contributed by atoms with Gasteiger partial charge in [0.2, 0.25) is 5.91 Å². The van der Waals surface area contributed by atoms with E-state index in [0.717, 1.165) is 11.1 Å². The number of aliphatic hydroxyl groups excluding tert-OH is 1. The Labute approximate surface area is 141 Å². The van der Waals surface area contributed by atoms with Gasteiger partial charge in [-0.25, -0.2) is 4.39 Å². The second-order valence-electron chi connectivity index (χ2n) is 5.62. The van der Waals surface area contributed by atoms with Crippen molar-refractivity contribution < 1.29 is 19.0 Å². The van der Waals surface area contributed by atoms with Gasteiger partial charge in [0.25, 0.3) is 0 Å². The fourth-order valence-electron chi connectivity index (χ4n) is 2.42. The molecule has 128 valence electrons. The Balaban J connectivity index is 1.89. The number of carbonyl (C=O) groups is 1. The van der Waals surface area contributed by atoms with Gasteiger partial charge in [-0.05, 0) is 29.7 Å². The molecule has 0 aliphatic carbocycles. The third-order valence-corrected chi connectivity index (χ3v) is 3.71. The molecule has 2 aromatic rings. The van der Waals surface area contributed by atoms with Crippen LogP contribution in [0.1, 0.15) is 30.4 Å². The number of benzene rings is 2. The van der Waals surface area contributed by atoms with E-state index in [1.807, 2.05) is 31.2 Å². The molecule has 2 N–H and O–H groups in total. The third kappa shape index (κ3) is 5.35. The highest BCUT2D eigenvalue weighted by atomic mass is 19.1. The molecule has 0 saturated carbocycles. The van der Waals surface area contributed by atoms with E-state index in [0.29, 0.717) is 12.3 Å². The number of ether oxygens (including phenoxy) is 1. The first kappa shape index (κ1) is 17.9. The summed E-state index contributed by atoms with van der Waals surface area (Å²) in [6.45, 7) is 2.39. The number of carbonyl (C=O) groups excluding carboxylic acids is 1. The van der Waals surface area contributed by atoms with Crippen molar-refractivity contribution in [2.24, 2.45) is 0 Å². The highest BCUT2D eigenvalue weighted by molar-refractivity contribution is 5.76. The molecule has 0 fully saturated rings. The number of amides is 1. The van der Waals surface area contributed by atoms with Crippen molar-refractivity contribution >= 4 is 5.91 Å². The summed E-state index contributed by atoms with van der Waals surface area (Å²) < 4.78 is 18.7. The Morgan fingerprint density at radius 1 is 1.25 bits per heavy atom. The molecule has 1 amide bonds. The number of halogens is 1. The van der Waals surface area contributed by atoms with E-state index in [1.165, 1.54) is 12.1 Å². The summed E-state index contributed by atoms with van der Waals surface area (Å²) in [7, 11) is 0. The first-order valence-corrected chi connectivity index (χ1v) is 7.94. The van der Waals surface area contributed by atoms with Gasteiger partial charge in [-0.15, -0.1) is 0 Å². The summed E-state index contributed by atoms with van der Waals surface area (Å²) in [5.41, 5.74) is 1.65. The zero-order chi connectivity index (χ0) is 17.4. The van der Waals surface area contributed by atoms with Crippen molar-refractivity contribution in [2.45, 2.75) is 25.8 Å². The number of rotatable bonds is 8. The topological polar surface area (TPSA) is 58.6 Å². The molecule has 24 heavy (non-hydrogen) atoms. The zero-order valence-corrected chi connectivity index (χ0v) is 13.7. The lowest BCUT2D eigenvalue weighted by Gasteiger charge is -2.14. The molecule has 0 aliphatic heterocycles. The second-order valence-corrected chi connectivity index (χ2v) is 5.62. The molecule has 2 rings (SSSR count). The van der Waals surface area contributed by atoms with E-state index >= 15 is 0 Å². The molecule has 0 aromatic heterocycles. The van der Waals surface area contributed by atoms with Gasteiger partial charge in [0, 0.05) is 18.5 Å². The highest BCUT2D eigenvalue weighted by Gasteiger charge is 2.12. The van der Waals surface area contributed by atoms with Gasteiger partial charge >= 0.3 is 0 Å². The number of nitrogens with one attached hydrogen (secondary N) is 1. The van der Waals surface area contributed by atoms with Crippen LogP contribution in [0.15, 0.2) is 48.5 Å². The van der Waals surface area contributed by atoms with Crippen molar-refractivity contribution in [3.8, 4) is 5.75 Å².